The first-order chi connectivity index (χ1) is 10.7. The van der Waals surface area contributed by atoms with E-state index in [9.17, 15) is 13.2 Å². The molecule has 0 fully saturated rings. The van der Waals surface area contributed by atoms with E-state index in [1.165, 1.54) is 25.1 Å². The molecule has 2 rings (SSSR count). The van der Waals surface area contributed by atoms with Crippen molar-refractivity contribution >= 4 is 27.4 Å². The summed E-state index contributed by atoms with van der Waals surface area (Å²) in [6, 6.07) is 9.20. The van der Waals surface area contributed by atoms with Crippen molar-refractivity contribution in [1.82, 2.24) is 0 Å². The van der Waals surface area contributed by atoms with Gasteiger partial charge in [-0.2, -0.15) is 8.42 Å². The van der Waals surface area contributed by atoms with Crippen molar-refractivity contribution in [2.75, 3.05) is 11.1 Å². The molecule has 2 aromatic rings. The maximum Gasteiger partial charge on any atom is 0.339 e. The Hall–Kier alpha value is -2.54. The first-order valence-electron chi connectivity index (χ1n) is 6.88. The van der Waals surface area contributed by atoms with Crippen LogP contribution in [0.3, 0.4) is 0 Å². The normalized spacial score (nSPS) is 11.1. The van der Waals surface area contributed by atoms with Crippen molar-refractivity contribution in [3.63, 3.8) is 0 Å². The molecule has 0 saturated heterocycles. The van der Waals surface area contributed by atoms with Gasteiger partial charge in [0, 0.05) is 6.92 Å². The molecule has 0 aliphatic heterocycles. The van der Waals surface area contributed by atoms with Crippen molar-refractivity contribution in [1.29, 1.82) is 0 Å². The lowest BCUT2D eigenvalue weighted by molar-refractivity contribution is -0.114. The fourth-order valence-electron chi connectivity index (χ4n) is 1.98. The van der Waals surface area contributed by atoms with Crippen LogP contribution in [0.5, 0.6) is 5.75 Å². The van der Waals surface area contributed by atoms with Crippen molar-refractivity contribution < 1.29 is 17.4 Å². The van der Waals surface area contributed by atoms with Crippen molar-refractivity contribution in [3.8, 4) is 5.75 Å². The quantitative estimate of drug-likeness (QED) is 0.661. The summed E-state index contributed by atoms with van der Waals surface area (Å²) < 4.78 is 30.0. The van der Waals surface area contributed by atoms with Gasteiger partial charge in [0.1, 0.15) is 10.6 Å². The summed E-state index contributed by atoms with van der Waals surface area (Å²) in [7, 11) is -4.01. The number of nitrogens with two attached hydrogens (primary N) is 1. The lowest BCUT2D eigenvalue weighted by Crippen LogP contribution is -2.13. The Bertz CT molecular complexity index is 860. The minimum absolute atomic E-state index is 0.0787. The fraction of sp³-hybridized carbons (Fsp3) is 0.188. The molecule has 0 aromatic heterocycles. The van der Waals surface area contributed by atoms with Gasteiger partial charge in [0.05, 0.1) is 11.4 Å². The number of nitrogens with one attached hydrogen (secondary N) is 1. The molecule has 0 heterocycles. The Kier molecular flexibility index (Phi) is 4.60. The largest absolute Gasteiger partial charge is 0.397 e. The van der Waals surface area contributed by atoms with Crippen LogP contribution in [0.4, 0.5) is 11.4 Å². The molecule has 2 aromatic carbocycles. The molecule has 0 spiro atoms. The van der Waals surface area contributed by atoms with Crippen LogP contribution in [-0.4, -0.2) is 14.3 Å². The maximum atomic E-state index is 12.4. The average molecular weight is 334 g/mol. The van der Waals surface area contributed by atoms with Crippen LogP contribution in [0.1, 0.15) is 18.1 Å². The zero-order valence-corrected chi connectivity index (χ0v) is 13.9. The SMILES string of the molecule is CC(=O)Nc1ccc(S(=O)(=O)Oc2cccc(C)c2C)cc1N. The van der Waals surface area contributed by atoms with Crippen LogP contribution in [0, 0.1) is 13.8 Å². The van der Waals surface area contributed by atoms with Gasteiger partial charge < -0.3 is 15.2 Å². The van der Waals surface area contributed by atoms with E-state index in [-0.39, 0.29) is 22.2 Å². The summed E-state index contributed by atoms with van der Waals surface area (Å²) >= 11 is 0. The van der Waals surface area contributed by atoms with E-state index >= 15 is 0 Å². The highest BCUT2D eigenvalue weighted by molar-refractivity contribution is 7.87. The highest BCUT2D eigenvalue weighted by atomic mass is 32.2. The monoisotopic (exact) mass is 334 g/mol. The Morgan fingerprint density at radius 3 is 2.48 bits per heavy atom. The van der Waals surface area contributed by atoms with Gasteiger partial charge in [0.25, 0.3) is 0 Å². The second-order valence-corrected chi connectivity index (χ2v) is 6.71. The molecule has 0 saturated carbocycles. The molecule has 0 atom stereocenters. The summed E-state index contributed by atoms with van der Waals surface area (Å²) in [5.74, 6) is -0.0200. The second-order valence-electron chi connectivity index (χ2n) is 5.17. The average Bonchev–Trinajstić information content (AvgIpc) is 2.45. The minimum Gasteiger partial charge on any atom is -0.397 e. The molecule has 23 heavy (non-hydrogen) atoms. The van der Waals surface area contributed by atoms with E-state index in [0.717, 1.165) is 11.1 Å². The van der Waals surface area contributed by atoms with E-state index in [2.05, 4.69) is 5.32 Å². The zero-order chi connectivity index (χ0) is 17.2. The number of aryl methyl sites for hydroxylation is 1. The predicted molar refractivity (Wildman–Crippen MR) is 88.9 cm³/mol. The number of rotatable bonds is 4. The highest BCUT2D eigenvalue weighted by Gasteiger charge is 2.19. The molecular formula is C16H18N2O4S. The fourth-order valence-corrected chi connectivity index (χ4v) is 3.00. The van der Waals surface area contributed by atoms with Gasteiger partial charge >= 0.3 is 10.1 Å². The molecule has 0 bridgehead atoms. The number of anilines is 2. The van der Waals surface area contributed by atoms with Gasteiger partial charge in [0.2, 0.25) is 5.91 Å². The van der Waals surface area contributed by atoms with E-state index in [4.69, 9.17) is 9.92 Å². The third-order valence-electron chi connectivity index (χ3n) is 3.38. The van der Waals surface area contributed by atoms with Gasteiger partial charge in [-0.25, -0.2) is 0 Å². The summed E-state index contributed by atoms with van der Waals surface area (Å²) in [6.45, 7) is 5.00. The number of carbonyl (C=O) groups is 1. The molecule has 0 radical (unpaired) electrons. The number of amides is 1. The Morgan fingerprint density at radius 2 is 1.87 bits per heavy atom. The van der Waals surface area contributed by atoms with Crippen molar-refractivity contribution in [3.05, 3.63) is 47.5 Å². The minimum atomic E-state index is -4.01. The van der Waals surface area contributed by atoms with E-state index in [1.807, 2.05) is 13.0 Å². The topological polar surface area (TPSA) is 98.5 Å². The molecule has 122 valence electrons. The number of benzene rings is 2. The van der Waals surface area contributed by atoms with Crippen molar-refractivity contribution in [2.45, 2.75) is 25.7 Å². The van der Waals surface area contributed by atoms with E-state index in [1.54, 1.807) is 19.1 Å². The third-order valence-corrected chi connectivity index (χ3v) is 4.61. The number of hydrogen-bond donors (Lipinski definition) is 2. The number of hydrogen-bond acceptors (Lipinski definition) is 5. The Balaban J connectivity index is 2.35. The molecule has 1 amide bonds. The van der Waals surface area contributed by atoms with E-state index < -0.39 is 10.1 Å². The maximum absolute atomic E-state index is 12.4. The second kappa shape index (κ2) is 6.29. The van der Waals surface area contributed by atoms with Gasteiger partial charge in [-0.3, -0.25) is 4.79 Å². The third kappa shape index (κ3) is 3.81. The highest BCUT2D eigenvalue weighted by Crippen LogP contribution is 2.27. The molecule has 7 heteroatoms. The van der Waals surface area contributed by atoms with Gasteiger partial charge in [-0.1, -0.05) is 12.1 Å². The zero-order valence-electron chi connectivity index (χ0n) is 13.1. The van der Waals surface area contributed by atoms with Crippen LogP contribution in [0.2, 0.25) is 0 Å². The standard InChI is InChI=1S/C16H18N2O4S/c1-10-5-4-6-16(11(10)2)22-23(20,21)13-7-8-15(14(17)9-13)18-12(3)19/h4-9H,17H2,1-3H3,(H,18,19). The smallest absolute Gasteiger partial charge is 0.339 e. The molecular weight excluding hydrogens is 316 g/mol. The molecule has 3 N–H and O–H groups in total. The molecule has 6 nitrogen and oxygen atoms in total. The van der Waals surface area contributed by atoms with Crippen LogP contribution in [-0.2, 0) is 14.9 Å². The van der Waals surface area contributed by atoms with Crippen molar-refractivity contribution in [2.24, 2.45) is 0 Å². The Labute approximate surface area is 135 Å². The van der Waals surface area contributed by atoms with Crippen LogP contribution in [0.25, 0.3) is 0 Å². The lowest BCUT2D eigenvalue weighted by Gasteiger charge is -2.12. The lowest BCUT2D eigenvalue weighted by atomic mass is 10.1. The van der Waals surface area contributed by atoms with E-state index in [0.29, 0.717) is 5.69 Å². The first-order valence-corrected chi connectivity index (χ1v) is 8.29. The van der Waals surface area contributed by atoms with Crippen LogP contribution >= 0.6 is 0 Å². The summed E-state index contributed by atoms with van der Waals surface area (Å²) in [5.41, 5.74) is 7.95. The Morgan fingerprint density at radius 1 is 1.17 bits per heavy atom. The molecule has 0 aliphatic carbocycles. The predicted octanol–water partition coefficient (Wildman–Crippen LogP) is 2.61. The van der Waals surface area contributed by atoms with Crippen LogP contribution in [0.15, 0.2) is 41.3 Å². The van der Waals surface area contributed by atoms with Gasteiger partial charge in [-0.05, 0) is 49.2 Å². The molecule has 0 aliphatic rings. The summed E-state index contributed by atoms with van der Waals surface area (Å²) in [5, 5.41) is 2.52. The first kappa shape index (κ1) is 16.8. The molecule has 0 unspecified atom stereocenters. The number of nitrogen functional groups attached to an aromatic ring is 1. The van der Waals surface area contributed by atoms with Gasteiger partial charge in [0.15, 0.2) is 0 Å². The summed E-state index contributed by atoms with van der Waals surface area (Å²) in [6.07, 6.45) is 0. The summed E-state index contributed by atoms with van der Waals surface area (Å²) in [4.78, 5) is 11.0. The van der Waals surface area contributed by atoms with Gasteiger partial charge in [-0.15, -0.1) is 0 Å². The van der Waals surface area contributed by atoms with Crippen LogP contribution < -0.4 is 15.2 Å². The number of carbonyl (C=O) groups excluding carboxylic acids is 1.